The van der Waals surface area contributed by atoms with E-state index in [2.05, 4.69) is 26.9 Å². The number of carbonyl (C=O) groups excluding carboxylic acids is 4. The van der Waals surface area contributed by atoms with E-state index in [4.69, 9.17) is 9.47 Å². The van der Waals surface area contributed by atoms with Gasteiger partial charge in [0.1, 0.15) is 5.69 Å². The van der Waals surface area contributed by atoms with Crippen LogP contribution in [0.3, 0.4) is 0 Å². The Morgan fingerprint density at radius 2 is 1.75 bits per heavy atom. The Morgan fingerprint density at radius 1 is 0.922 bits per heavy atom. The highest BCUT2D eigenvalue weighted by Crippen LogP contribution is 2.42. The van der Waals surface area contributed by atoms with Crippen molar-refractivity contribution in [1.29, 1.82) is 0 Å². The summed E-state index contributed by atoms with van der Waals surface area (Å²) in [5.41, 5.74) is 4.91. The van der Waals surface area contributed by atoms with Crippen molar-refractivity contribution >= 4 is 67.8 Å². The average molecular weight is 707 g/mol. The Balaban J connectivity index is 0.945. The zero-order chi connectivity index (χ0) is 35.8. The van der Waals surface area contributed by atoms with E-state index < -0.39 is 0 Å². The van der Waals surface area contributed by atoms with Crippen molar-refractivity contribution in [3.63, 3.8) is 0 Å². The molecule has 12 nitrogen and oxygen atoms in total. The summed E-state index contributed by atoms with van der Waals surface area (Å²) in [6.45, 7) is 0.929. The van der Waals surface area contributed by atoms with Crippen LogP contribution in [0.25, 0.3) is 10.1 Å². The molecule has 2 aliphatic rings. The molecule has 1 atom stereocenters. The first-order chi connectivity index (χ1) is 24.6. The fourth-order valence-corrected chi connectivity index (χ4v) is 7.77. The van der Waals surface area contributed by atoms with Crippen LogP contribution in [0.5, 0.6) is 11.5 Å². The highest BCUT2D eigenvalue weighted by Gasteiger charge is 2.39. The van der Waals surface area contributed by atoms with E-state index in [1.807, 2.05) is 48.3 Å². The molecule has 5 aromatic rings. The number of hydrogen-bond donors (Lipinski definition) is 3. The quantitative estimate of drug-likeness (QED) is 0.159. The van der Waals surface area contributed by atoms with Crippen molar-refractivity contribution in [2.45, 2.75) is 25.3 Å². The van der Waals surface area contributed by atoms with Crippen molar-refractivity contribution < 1.29 is 28.7 Å². The van der Waals surface area contributed by atoms with Gasteiger partial charge in [0.25, 0.3) is 17.7 Å². The molecule has 262 valence electrons. The molecule has 0 unspecified atom stereocenters. The van der Waals surface area contributed by atoms with Gasteiger partial charge in [0.15, 0.2) is 11.5 Å². The lowest BCUT2D eigenvalue weighted by Crippen LogP contribution is -2.41. The minimum absolute atomic E-state index is 0.0312. The fourth-order valence-electron chi connectivity index (χ4n) is 6.78. The summed E-state index contributed by atoms with van der Waals surface area (Å²) in [4.78, 5) is 56.4. The first-order valence-electron chi connectivity index (χ1n) is 16.6. The third-order valence-electron chi connectivity index (χ3n) is 9.25. The molecule has 0 spiro atoms. The van der Waals surface area contributed by atoms with Gasteiger partial charge in [0, 0.05) is 62.4 Å². The second kappa shape index (κ2) is 13.8. The average Bonchev–Trinajstić information content (AvgIpc) is 3.81. The van der Waals surface area contributed by atoms with Gasteiger partial charge in [-0.05, 0) is 66.3 Å². The number of ether oxygens (including phenoxy) is 2. The van der Waals surface area contributed by atoms with E-state index in [9.17, 15) is 19.2 Å². The normalized spacial score (nSPS) is 14.7. The Hall–Kier alpha value is -5.82. The maximum absolute atomic E-state index is 13.8. The van der Waals surface area contributed by atoms with E-state index in [0.717, 1.165) is 27.9 Å². The molecule has 4 heterocycles. The molecule has 13 heteroatoms. The van der Waals surface area contributed by atoms with E-state index in [-0.39, 0.29) is 42.7 Å². The number of nitrogens with one attached hydrogen (secondary N) is 3. The van der Waals surface area contributed by atoms with Gasteiger partial charge < -0.3 is 39.8 Å². The first-order valence-corrected chi connectivity index (χ1v) is 17.5. The molecule has 0 saturated heterocycles. The number of nitrogens with zero attached hydrogens (tertiary/aromatic N) is 3. The Kier molecular flexibility index (Phi) is 9.13. The standard InChI is InChI=1S/C38H38N6O6S/c1-39-37(47)34-16-23-14-24(11-12-33(23)51-34)41-36(46)30-17-25(20-42(30)2)40-35(45)10-7-13-50-32-19-29-27(18-31(32)49-4)38(48)44-26(21-43(29)3)15-22-8-5-6-9-28(22)44/h5-6,8-9,11-12,14,16-20,26H,7,10,13,15,21H2,1-4H3,(H,39,47)(H,40,45)(H,41,46)/t26-/m0/s1. The van der Waals surface area contributed by atoms with Crippen LogP contribution in [0, 0.1) is 0 Å². The molecule has 0 bridgehead atoms. The summed E-state index contributed by atoms with van der Waals surface area (Å²) in [6.07, 6.45) is 3.11. The van der Waals surface area contributed by atoms with E-state index in [1.54, 1.807) is 56.2 Å². The Morgan fingerprint density at radius 3 is 2.55 bits per heavy atom. The second-order valence-corrected chi connectivity index (χ2v) is 13.8. The Labute approximate surface area is 298 Å². The number of aryl methyl sites for hydroxylation is 1. The van der Waals surface area contributed by atoms with Crippen LogP contribution in [-0.2, 0) is 18.3 Å². The summed E-state index contributed by atoms with van der Waals surface area (Å²) in [5, 5.41) is 9.25. The van der Waals surface area contributed by atoms with Crippen molar-refractivity contribution in [3.8, 4) is 11.5 Å². The summed E-state index contributed by atoms with van der Waals surface area (Å²) in [7, 11) is 6.84. The number of thiophene rings is 1. The largest absolute Gasteiger partial charge is 0.493 e. The molecule has 3 aromatic carbocycles. The van der Waals surface area contributed by atoms with E-state index in [1.165, 1.54) is 16.9 Å². The first kappa shape index (κ1) is 33.7. The highest BCUT2D eigenvalue weighted by molar-refractivity contribution is 7.20. The van der Waals surface area contributed by atoms with Crippen LogP contribution in [0.4, 0.5) is 22.7 Å². The molecule has 0 fully saturated rings. The lowest BCUT2D eigenvalue weighted by molar-refractivity contribution is -0.116. The van der Waals surface area contributed by atoms with Gasteiger partial charge in [0.2, 0.25) is 5.91 Å². The van der Waals surface area contributed by atoms with Gasteiger partial charge in [-0.1, -0.05) is 18.2 Å². The number of rotatable bonds is 10. The summed E-state index contributed by atoms with van der Waals surface area (Å²) < 4.78 is 14.3. The smallest absolute Gasteiger partial charge is 0.272 e. The lowest BCUT2D eigenvalue weighted by atomic mass is 10.1. The summed E-state index contributed by atoms with van der Waals surface area (Å²) in [6, 6.07) is 20.6. The van der Waals surface area contributed by atoms with Crippen LogP contribution in [0.15, 0.2) is 72.9 Å². The van der Waals surface area contributed by atoms with Crippen molar-refractivity contribution in [1.82, 2.24) is 9.88 Å². The summed E-state index contributed by atoms with van der Waals surface area (Å²) >= 11 is 1.38. The fraction of sp³-hybridized carbons (Fsp3) is 0.263. The van der Waals surface area contributed by atoms with Crippen molar-refractivity contribution in [2.24, 2.45) is 7.05 Å². The maximum atomic E-state index is 13.8. The maximum Gasteiger partial charge on any atom is 0.272 e. The molecule has 51 heavy (non-hydrogen) atoms. The van der Waals surface area contributed by atoms with Gasteiger partial charge in [-0.25, -0.2) is 0 Å². The summed E-state index contributed by atoms with van der Waals surface area (Å²) in [5.74, 6) is 0.181. The number of aromatic nitrogens is 1. The predicted octanol–water partition coefficient (Wildman–Crippen LogP) is 5.68. The third kappa shape index (κ3) is 6.59. The molecule has 2 aliphatic heterocycles. The number of para-hydroxylation sites is 1. The number of benzene rings is 3. The van der Waals surface area contributed by atoms with Crippen LogP contribution in [-0.4, -0.2) is 68.6 Å². The van der Waals surface area contributed by atoms with E-state index in [0.29, 0.717) is 52.0 Å². The highest BCUT2D eigenvalue weighted by atomic mass is 32.1. The topological polar surface area (TPSA) is 134 Å². The number of carbonyl (C=O) groups is 4. The van der Waals surface area contributed by atoms with Crippen LogP contribution in [0.2, 0.25) is 0 Å². The lowest BCUT2D eigenvalue weighted by Gasteiger charge is -2.25. The Bertz CT molecular complexity index is 2190. The van der Waals surface area contributed by atoms with Crippen molar-refractivity contribution in [2.75, 3.05) is 54.8 Å². The number of fused-ring (bicyclic) bond motifs is 5. The van der Waals surface area contributed by atoms with Crippen LogP contribution in [0.1, 0.15) is 48.9 Å². The second-order valence-electron chi connectivity index (χ2n) is 12.7. The SMILES string of the molecule is CNC(=O)c1cc2cc(NC(=O)c3cc(NC(=O)CCCOc4cc5c(cc4OC)C(=O)N4c6ccccc6C[C@H]4CN5C)cn3C)ccc2s1. The zero-order valence-electron chi connectivity index (χ0n) is 28.7. The number of hydrogen-bond acceptors (Lipinski definition) is 8. The minimum Gasteiger partial charge on any atom is -0.493 e. The number of methoxy groups -OCH3 is 1. The molecule has 0 saturated carbocycles. The predicted molar refractivity (Wildman–Crippen MR) is 199 cm³/mol. The van der Waals surface area contributed by atoms with Crippen LogP contribution < -0.4 is 35.2 Å². The van der Waals surface area contributed by atoms with Gasteiger partial charge in [-0.15, -0.1) is 11.3 Å². The zero-order valence-corrected chi connectivity index (χ0v) is 29.6. The van der Waals surface area contributed by atoms with Gasteiger partial charge in [-0.3, -0.25) is 19.2 Å². The monoisotopic (exact) mass is 706 g/mol. The number of amides is 4. The molecule has 0 radical (unpaired) electrons. The third-order valence-corrected chi connectivity index (χ3v) is 10.4. The number of anilines is 4. The van der Waals surface area contributed by atoms with Gasteiger partial charge in [-0.2, -0.15) is 0 Å². The molecular formula is C38H38N6O6S. The van der Waals surface area contributed by atoms with E-state index >= 15 is 0 Å². The van der Waals surface area contributed by atoms with Crippen LogP contribution >= 0.6 is 11.3 Å². The van der Waals surface area contributed by atoms with Gasteiger partial charge in [0.05, 0.1) is 41.6 Å². The molecule has 3 N–H and O–H groups in total. The molecule has 7 rings (SSSR count). The van der Waals surface area contributed by atoms with Gasteiger partial charge >= 0.3 is 0 Å². The molecule has 2 aromatic heterocycles. The number of likely N-dealkylation sites (N-methyl/N-ethyl adjacent to an activating group) is 1. The van der Waals surface area contributed by atoms with Crippen molar-refractivity contribution in [3.05, 3.63) is 94.6 Å². The molecule has 0 aliphatic carbocycles. The molecular weight excluding hydrogens is 669 g/mol. The minimum atomic E-state index is -0.334. The molecule has 4 amide bonds.